The number of nitrogens with one attached hydrogen (secondary N) is 1. The largest absolute Gasteiger partial charge is 0.319 e. The lowest BCUT2D eigenvalue weighted by molar-refractivity contribution is 0.459. The average Bonchev–Trinajstić information content (AvgIpc) is 3.04. The van der Waals surface area contributed by atoms with Crippen LogP contribution in [0.5, 0.6) is 0 Å². The monoisotopic (exact) mass is 235 g/mol. The molecule has 1 aromatic rings. The first-order chi connectivity index (χ1) is 7.75. The zero-order valence-corrected chi connectivity index (χ0v) is 10.5. The molecule has 1 N–H and O–H groups in total. The van der Waals surface area contributed by atoms with Gasteiger partial charge in [0.1, 0.15) is 0 Å². The molecule has 1 nitrogen and oxygen atoms in total. The molecule has 2 aliphatic rings. The van der Waals surface area contributed by atoms with E-state index in [4.69, 9.17) is 11.6 Å². The molecule has 86 valence electrons. The molecule has 1 spiro atoms. The van der Waals surface area contributed by atoms with E-state index >= 15 is 0 Å². The quantitative estimate of drug-likeness (QED) is 0.828. The second kappa shape index (κ2) is 3.75. The van der Waals surface area contributed by atoms with E-state index < -0.39 is 0 Å². The smallest absolute Gasteiger partial charge is 0.0409 e. The zero-order chi connectivity index (χ0) is 11.2. The van der Waals surface area contributed by atoms with Crippen molar-refractivity contribution in [1.82, 2.24) is 5.32 Å². The van der Waals surface area contributed by atoms with Gasteiger partial charge in [-0.3, -0.25) is 0 Å². The zero-order valence-electron chi connectivity index (χ0n) is 9.72. The van der Waals surface area contributed by atoms with Crippen molar-refractivity contribution in [2.45, 2.75) is 37.0 Å². The summed E-state index contributed by atoms with van der Waals surface area (Å²) in [5, 5.41) is 4.19. The van der Waals surface area contributed by atoms with Crippen molar-refractivity contribution >= 4 is 11.6 Å². The van der Waals surface area contributed by atoms with Crippen molar-refractivity contribution in [2.75, 3.05) is 13.6 Å². The first-order valence-electron chi connectivity index (χ1n) is 6.20. The van der Waals surface area contributed by atoms with Gasteiger partial charge in [0, 0.05) is 11.6 Å². The fourth-order valence-electron chi connectivity index (χ4n) is 3.22. The van der Waals surface area contributed by atoms with Crippen LogP contribution in [0.1, 0.15) is 42.7 Å². The third-order valence-electron chi connectivity index (χ3n) is 4.30. The maximum atomic E-state index is 6.14. The molecule has 0 aliphatic heterocycles. The van der Waals surface area contributed by atoms with Crippen LogP contribution in [0.3, 0.4) is 0 Å². The molecule has 2 aliphatic carbocycles. The van der Waals surface area contributed by atoms with Gasteiger partial charge in [0.15, 0.2) is 0 Å². The van der Waals surface area contributed by atoms with Crippen LogP contribution in [0.2, 0.25) is 5.02 Å². The number of hydrogen-bond donors (Lipinski definition) is 1. The maximum absolute atomic E-state index is 6.14. The Morgan fingerprint density at radius 1 is 1.38 bits per heavy atom. The van der Waals surface area contributed by atoms with Crippen LogP contribution >= 0.6 is 11.6 Å². The molecule has 1 atom stereocenters. The van der Waals surface area contributed by atoms with Crippen LogP contribution in [0.25, 0.3) is 0 Å². The molecule has 1 aromatic carbocycles. The van der Waals surface area contributed by atoms with Crippen LogP contribution in [-0.4, -0.2) is 13.6 Å². The Morgan fingerprint density at radius 3 is 2.88 bits per heavy atom. The predicted octanol–water partition coefficient (Wildman–Crippen LogP) is 3.47. The normalized spacial score (nSPS) is 25.5. The van der Waals surface area contributed by atoms with Gasteiger partial charge < -0.3 is 5.32 Å². The van der Waals surface area contributed by atoms with Crippen LogP contribution in [0.15, 0.2) is 18.2 Å². The summed E-state index contributed by atoms with van der Waals surface area (Å²) in [6, 6.07) is 6.52. The Kier molecular flexibility index (Phi) is 2.49. The molecular formula is C14H18ClN. The summed E-state index contributed by atoms with van der Waals surface area (Å²) in [5.74, 6) is 0.657. The van der Waals surface area contributed by atoms with Gasteiger partial charge >= 0.3 is 0 Å². The van der Waals surface area contributed by atoms with Crippen LogP contribution < -0.4 is 5.32 Å². The summed E-state index contributed by atoms with van der Waals surface area (Å²) in [4.78, 5) is 0. The molecule has 3 rings (SSSR count). The van der Waals surface area contributed by atoms with Crippen LogP contribution in [0.4, 0.5) is 0 Å². The van der Waals surface area contributed by atoms with Crippen molar-refractivity contribution in [1.29, 1.82) is 0 Å². The first-order valence-corrected chi connectivity index (χ1v) is 6.57. The molecular weight excluding hydrogens is 218 g/mol. The second-order valence-corrected chi connectivity index (χ2v) is 5.74. The highest BCUT2D eigenvalue weighted by Gasteiger charge is 2.48. The summed E-state index contributed by atoms with van der Waals surface area (Å²) in [5.41, 5.74) is 3.64. The average molecular weight is 236 g/mol. The first kappa shape index (κ1) is 10.6. The van der Waals surface area contributed by atoms with Crippen molar-refractivity contribution in [3.8, 4) is 0 Å². The Hall–Kier alpha value is -0.530. The van der Waals surface area contributed by atoms with Crippen molar-refractivity contribution in [3.05, 3.63) is 34.3 Å². The minimum absolute atomic E-state index is 0.546. The van der Waals surface area contributed by atoms with Crippen molar-refractivity contribution < 1.29 is 0 Å². The van der Waals surface area contributed by atoms with Crippen LogP contribution in [0, 0.1) is 0 Å². The molecule has 1 saturated carbocycles. The summed E-state index contributed by atoms with van der Waals surface area (Å²) < 4.78 is 0. The van der Waals surface area contributed by atoms with E-state index in [1.807, 2.05) is 7.05 Å². The second-order valence-electron chi connectivity index (χ2n) is 5.31. The fraction of sp³-hybridized carbons (Fsp3) is 0.571. The summed E-state index contributed by atoms with van der Waals surface area (Å²) >= 11 is 6.14. The number of halogens is 1. The standard InChI is InChI=1S/C14H18ClN/c1-16-9-10-4-5-14(6-7-14)13-3-2-11(15)8-12(10)13/h2-3,8,10,16H,4-7,9H2,1H3. The molecule has 0 heterocycles. The van der Waals surface area contributed by atoms with Gasteiger partial charge in [-0.2, -0.15) is 0 Å². The van der Waals surface area contributed by atoms with E-state index in [2.05, 4.69) is 23.5 Å². The minimum Gasteiger partial charge on any atom is -0.319 e. The molecule has 16 heavy (non-hydrogen) atoms. The van der Waals surface area contributed by atoms with Gasteiger partial charge in [0.2, 0.25) is 0 Å². The lowest BCUT2D eigenvalue weighted by Gasteiger charge is -2.32. The van der Waals surface area contributed by atoms with Crippen molar-refractivity contribution in [3.63, 3.8) is 0 Å². The van der Waals surface area contributed by atoms with Crippen molar-refractivity contribution in [2.24, 2.45) is 0 Å². The fourth-order valence-corrected chi connectivity index (χ4v) is 3.40. The number of likely N-dealkylation sites (N-methyl/N-ethyl adjacent to an activating group) is 1. The summed E-state index contributed by atoms with van der Waals surface area (Å²) in [7, 11) is 2.03. The van der Waals surface area contributed by atoms with E-state index in [9.17, 15) is 0 Å². The molecule has 2 heteroatoms. The molecule has 0 bridgehead atoms. The molecule has 1 fully saturated rings. The highest BCUT2D eigenvalue weighted by atomic mass is 35.5. The van der Waals surface area contributed by atoms with E-state index in [1.54, 1.807) is 5.56 Å². The van der Waals surface area contributed by atoms with Gasteiger partial charge in [0.25, 0.3) is 0 Å². The van der Waals surface area contributed by atoms with Gasteiger partial charge in [-0.15, -0.1) is 0 Å². The Bertz CT molecular complexity index is 409. The Balaban J connectivity index is 2.04. The Labute approximate surface area is 102 Å². The molecule has 0 amide bonds. The SMILES string of the molecule is CNCC1CCC2(CC2)c2ccc(Cl)cc21. The highest BCUT2D eigenvalue weighted by Crippen LogP contribution is 2.57. The summed E-state index contributed by atoms with van der Waals surface area (Å²) in [6.07, 6.45) is 5.45. The topological polar surface area (TPSA) is 12.0 Å². The predicted molar refractivity (Wildman–Crippen MR) is 68.3 cm³/mol. The Morgan fingerprint density at radius 2 is 2.19 bits per heavy atom. The number of benzene rings is 1. The van der Waals surface area contributed by atoms with E-state index in [0.29, 0.717) is 11.3 Å². The number of rotatable bonds is 2. The van der Waals surface area contributed by atoms with Crippen LogP contribution in [-0.2, 0) is 5.41 Å². The number of fused-ring (bicyclic) bond motifs is 2. The lowest BCUT2D eigenvalue weighted by atomic mass is 9.74. The van der Waals surface area contributed by atoms with E-state index in [0.717, 1.165) is 11.6 Å². The number of hydrogen-bond acceptors (Lipinski definition) is 1. The van der Waals surface area contributed by atoms with E-state index in [-0.39, 0.29) is 0 Å². The molecule has 1 unspecified atom stereocenters. The molecule has 0 radical (unpaired) electrons. The van der Waals surface area contributed by atoms with Gasteiger partial charge in [0.05, 0.1) is 0 Å². The molecule has 0 aromatic heterocycles. The van der Waals surface area contributed by atoms with Gasteiger partial charge in [-0.05, 0) is 67.3 Å². The lowest BCUT2D eigenvalue weighted by Crippen LogP contribution is -2.26. The maximum Gasteiger partial charge on any atom is 0.0409 e. The molecule has 0 saturated heterocycles. The van der Waals surface area contributed by atoms with E-state index in [1.165, 1.54) is 31.2 Å². The highest BCUT2D eigenvalue weighted by molar-refractivity contribution is 6.30. The summed E-state index contributed by atoms with van der Waals surface area (Å²) in [6.45, 7) is 1.07. The third-order valence-corrected chi connectivity index (χ3v) is 4.54. The minimum atomic E-state index is 0.546. The van der Waals surface area contributed by atoms with Gasteiger partial charge in [-0.1, -0.05) is 17.7 Å². The third kappa shape index (κ3) is 1.57. The van der Waals surface area contributed by atoms with Gasteiger partial charge in [-0.25, -0.2) is 0 Å².